The second-order valence-electron chi connectivity index (χ2n) is 5.45. The Hall–Kier alpha value is -0.770. The molecule has 3 nitrogen and oxygen atoms in total. The summed E-state index contributed by atoms with van der Waals surface area (Å²) in [5, 5.41) is 3.68. The molecule has 0 aromatic heterocycles. The Morgan fingerprint density at radius 3 is 2.60 bits per heavy atom. The first-order valence-electron chi connectivity index (χ1n) is 6.98. The molecule has 0 aliphatic carbocycles. The number of halogens is 2. The van der Waals surface area contributed by atoms with Crippen LogP contribution < -0.4 is 5.32 Å². The molecule has 0 saturated carbocycles. The van der Waals surface area contributed by atoms with Crippen molar-refractivity contribution < 1.29 is 4.79 Å². The van der Waals surface area contributed by atoms with Gasteiger partial charge in [0.25, 0.3) is 0 Å². The summed E-state index contributed by atoms with van der Waals surface area (Å²) < 4.78 is 0. The van der Waals surface area contributed by atoms with Crippen molar-refractivity contribution in [3.63, 3.8) is 0 Å². The third-order valence-electron chi connectivity index (χ3n) is 3.93. The van der Waals surface area contributed by atoms with E-state index in [0.29, 0.717) is 34.4 Å². The van der Waals surface area contributed by atoms with Crippen LogP contribution in [0, 0.1) is 0 Å². The monoisotopic (exact) mass is 314 g/mol. The lowest BCUT2D eigenvalue weighted by atomic mass is 9.97. The first-order valence-corrected chi connectivity index (χ1v) is 7.74. The Labute approximate surface area is 130 Å². The molecule has 0 bridgehead atoms. The van der Waals surface area contributed by atoms with E-state index in [4.69, 9.17) is 23.2 Å². The van der Waals surface area contributed by atoms with E-state index >= 15 is 0 Å². The van der Waals surface area contributed by atoms with Crippen molar-refractivity contribution in [1.82, 2.24) is 4.90 Å². The number of nitrogens with zero attached hydrogens (tertiary/aromatic N) is 1. The third-order valence-corrected chi connectivity index (χ3v) is 4.75. The SMILES string of the molecule is CC1CCCC(C)N1CC(=O)Nc1cccc(Cl)c1Cl. The first kappa shape index (κ1) is 15.6. The van der Waals surface area contributed by atoms with Gasteiger partial charge in [0.05, 0.1) is 22.3 Å². The van der Waals surface area contributed by atoms with Gasteiger partial charge in [0.15, 0.2) is 0 Å². The molecule has 1 heterocycles. The average Bonchev–Trinajstić information content (AvgIpc) is 2.39. The molecule has 2 rings (SSSR count). The van der Waals surface area contributed by atoms with Crippen molar-refractivity contribution in [2.45, 2.75) is 45.2 Å². The molecule has 1 N–H and O–H groups in total. The van der Waals surface area contributed by atoms with Gasteiger partial charge in [-0.15, -0.1) is 0 Å². The lowest BCUT2D eigenvalue weighted by molar-refractivity contribution is -0.118. The van der Waals surface area contributed by atoms with Crippen LogP contribution in [0.5, 0.6) is 0 Å². The van der Waals surface area contributed by atoms with Crippen LogP contribution in [0.25, 0.3) is 0 Å². The lowest BCUT2D eigenvalue weighted by Crippen LogP contribution is -2.47. The van der Waals surface area contributed by atoms with Gasteiger partial charge >= 0.3 is 0 Å². The second kappa shape index (κ2) is 6.79. The van der Waals surface area contributed by atoms with Crippen LogP contribution in [0.4, 0.5) is 5.69 Å². The highest BCUT2D eigenvalue weighted by Gasteiger charge is 2.26. The van der Waals surface area contributed by atoms with E-state index in [9.17, 15) is 4.79 Å². The van der Waals surface area contributed by atoms with Crippen LogP contribution in [0.2, 0.25) is 10.0 Å². The maximum atomic E-state index is 12.2. The van der Waals surface area contributed by atoms with E-state index < -0.39 is 0 Å². The van der Waals surface area contributed by atoms with Crippen LogP contribution in [-0.2, 0) is 4.79 Å². The minimum Gasteiger partial charge on any atom is -0.324 e. The Kier molecular flexibility index (Phi) is 5.30. The van der Waals surface area contributed by atoms with Crippen molar-refractivity contribution >= 4 is 34.8 Å². The molecule has 1 aromatic rings. The van der Waals surface area contributed by atoms with E-state index in [-0.39, 0.29) is 5.91 Å². The summed E-state index contributed by atoms with van der Waals surface area (Å²) in [5.41, 5.74) is 0.571. The van der Waals surface area contributed by atoms with Gasteiger partial charge in [-0.3, -0.25) is 9.69 Å². The molecule has 1 saturated heterocycles. The van der Waals surface area contributed by atoms with E-state index in [1.165, 1.54) is 6.42 Å². The predicted octanol–water partition coefficient (Wildman–Crippen LogP) is 4.19. The number of hydrogen-bond acceptors (Lipinski definition) is 2. The first-order chi connectivity index (χ1) is 9.49. The molecule has 0 spiro atoms. The maximum Gasteiger partial charge on any atom is 0.238 e. The van der Waals surface area contributed by atoms with Crippen molar-refractivity contribution in [2.75, 3.05) is 11.9 Å². The number of amides is 1. The molecule has 1 aliphatic rings. The molecule has 1 fully saturated rings. The molecule has 2 atom stereocenters. The standard InChI is InChI=1S/C15H20Cl2N2O/c1-10-5-3-6-11(2)19(10)9-14(20)18-13-8-4-7-12(16)15(13)17/h4,7-8,10-11H,3,5-6,9H2,1-2H3,(H,18,20). The molecule has 1 aliphatic heterocycles. The zero-order chi connectivity index (χ0) is 14.7. The summed E-state index contributed by atoms with van der Waals surface area (Å²) in [6.07, 6.45) is 3.53. The van der Waals surface area contributed by atoms with Gasteiger partial charge < -0.3 is 5.32 Å². The van der Waals surface area contributed by atoms with E-state index in [1.807, 2.05) is 0 Å². The summed E-state index contributed by atoms with van der Waals surface area (Å²) in [6, 6.07) is 6.12. The number of carbonyl (C=O) groups excluding carboxylic acids is 1. The number of carbonyl (C=O) groups is 1. The highest BCUT2D eigenvalue weighted by Crippen LogP contribution is 2.29. The number of hydrogen-bond donors (Lipinski definition) is 1. The highest BCUT2D eigenvalue weighted by molar-refractivity contribution is 6.43. The number of nitrogens with one attached hydrogen (secondary N) is 1. The Bertz CT molecular complexity index is 483. The number of benzene rings is 1. The van der Waals surface area contributed by atoms with Crippen molar-refractivity contribution in [3.8, 4) is 0 Å². The smallest absolute Gasteiger partial charge is 0.238 e. The van der Waals surface area contributed by atoms with E-state index in [1.54, 1.807) is 18.2 Å². The van der Waals surface area contributed by atoms with E-state index in [2.05, 4.69) is 24.1 Å². The third kappa shape index (κ3) is 3.66. The summed E-state index contributed by atoms with van der Waals surface area (Å²) in [6.45, 7) is 4.75. The number of rotatable bonds is 3. The molecule has 1 aromatic carbocycles. The summed E-state index contributed by atoms with van der Waals surface area (Å²) in [5.74, 6) is -0.0465. The van der Waals surface area contributed by atoms with Crippen LogP contribution in [0.15, 0.2) is 18.2 Å². The van der Waals surface area contributed by atoms with Gasteiger partial charge in [0, 0.05) is 12.1 Å². The van der Waals surface area contributed by atoms with Gasteiger partial charge in [-0.05, 0) is 38.8 Å². The van der Waals surface area contributed by atoms with Crippen LogP contribution >= 0.6 is 23.2 Å². The molecule has 0 radical (unpaired) electrons. The molecule has 1 amide bonds. The Morgan fingerprint density at radius 2 is 1.95 bits per heavy atom. The van der Waals surface area contributed by atoms with Gasteiger partial charge in [0.2, 0.25) is 5.91 Å². The quantitative estimate of drug-likeness (QED) is 0.907. The van der Waals surface area contributed by atoms with Crippen molar-refractivity contribution in [2.24, 2.45) is 0 Å². The van der Waals surface area contributed by atoms with Gasteiger partial charge in [0.1, 0.15) is 0 Å². The summed E-state index contributed by atoms with van der Waals surface area (Å²) >= 11 is 12.0. The highest BCUT2D eigenvalue weighted by atomic mass is 35.5. The topological polar surface area (TPSA) is 32.3 Å². The maximum absolute atomic E-state index is 12.2. The molecule has 110 valence electrons. The van der Waals surface area contributed by atoms with Crippen molar-refractivity contribution in [3.05, 3.63) is 28.2 Å². The van der Waals surface area contributed by atoms with Crippen molar-refractivity contribution in [1.29, 1.82) is 0 Å². The fourth-order valence-electron chi connectivity index (χ4n) is 2.74. The zero-order valence-corrected chi connectivity index (χ0v) is 13.3. The molecule has 20 heavy (non-hydrogen) atoms. The second-order valence-corrected chi connectivity index (χ2v) is 6.24. The Balaban J connectivity index is 2.00. The van der Waals surface area contributed by atoms with Crippen LogP contribution in [-0.4, -0.2) is 29.4 Å². The van der Waals surface area contributed by atoms with Gasteiger partial charge in [-0.2, -0.15) is 0 Å². The summed E-state index contributed by atoms with van der Waals surface area (Å²) in [4.78, 5) is 14.4. The largest absolute Gasteiger partial charge is 0.324 e. The number of piperidine rings is 1. The normalized spacial score (nSPS) is 23.6. The van der Waals surface area contributed by atoms with Crippen LogP contribution in [0.1, 0.15) is 33.1 Å². The zero-order valence-electron chi connectivity index (χ0n) is 11.8. The average molecular weight is 315 g/mol. The minimum absolute atomic E-state index is 0.0465. The fourth-order valence-corrected chi connectivity index (χ4v) is 3.09. The van der Waals surface area contributed by atoms with Crippen LogP contribution in [0.3, 0.4) is 0 Å². The molecule has 5 heteroatoms. The number of likely N-dealkylation sites (tertiary alicyclic amines) is 1. The van der Waals surface area contributed by atoms with Gasteiger partial charge in [-0.25, -0.2) is 0 Å². The van der Waals surface area contributed by atoms with E-state index in [0.717, 1.165) is 12.8 Å². The fraction of sp³-hybridized carbons (Fsp3) is 0.533. The minimum atomic E-state index is -0.0465. The lowest BCUT2D eigenvalue weighted by Gasteiger charge is -2.38. The molecular weight excluding hydrogens is 295 g/mol. The molecule has 2 unspecified atom stereocenters. The Morgan fingerprint density at radius 1 is 1.30 bits per heavy atom. The number of anilines is 1. The van der Waals surface area contributed by atoms with Gasteiger partial charge in [-0.1, -0.05) is 35.7 Å². The predicted molar refractivity (Wildman–Crippen MR) is 84.6 cm³/mol. The summed E-state index contributed by atoms with van der Waals surface area (Å²) in [7, 11) is 0. The molecular formula is C15H20Cl2N2O.